The minimum absolute atomic E-state index is 0.0252. The molecular weight excluding hydrogens is 493 g/mol. The number of likely N-dealkylation sites (tertiary alicyclic amines) is 1. The van der Waals surface area contributed by atoms with Gasteiger partial charge in [-0.3, -0.25) is 9.78 Å². The Morgan fingerprint density at radius 3 is 2.55 bits per heavy atom. The molecule has 5 rings (SSSR count). The lowest BCUT2D eigenvalue weighted by Crippen LogP contribution is -2.54. The summed E-state index contributed by atoms with van der Waals surface area (Å²) in [4.78, 5) is 25.7. The molecule has 2 saturated heterocycles. The minimum Gasteiger partial charge on any atom is -0.370 e. The smallest absolute Gasteiger partial charge is 0.370 e. The molecule has 1 aromatic carbocycles. The van der Waals surface area contributed by atoms with Crippen molar-refractivity contribution in [2.24, 2.45) is 0 Å². The van der Waals surface area contributed by atoms with Gasteiger partial charge in [-0.15, -0.1) is 0 Å². The maximum atomic E-state index is 13.9. The van der Waals surface area contributed by atoms with Crippen LogP contribution >= 0.6 is 0 Å². The number of hydrogen-bond donors (Lipinski definition) is 2. The largest absolute Gasteiger partial charge is 0.416 e. The molecule has 0 bridgehead atoms. The molecule has 1 amide bonds. The molecule has 0 radical (unpaired) electrons. The van der Waals surface area contributed by atoms with Crippen LogP contribution in [0.4, 0.5) is 18.9 Å². The summed E-state index contributed by atoms with van der Waals surface area (Å²) in [5.74, 6) is -0.0557. The Morgan fingerprint density at radius 1 is 1.18 bits per heavy atom. The summed E-state index contributed by atoms with van der Waals surface area (Å²) in [7, 11) is 2.03. The van der Waals surface area contributed by atoms with Crippen LogP contribution in [-0.4, -0.2) is 60.0 Å². The first-order chi connectivity index (χ1) is 18.2. The van der Waals surface area contributed by atoms with Crippen LogP contribution in [0, 0.1) is 11.3 Å². The van der Waals surface area contributed by atoms with E-state index in [-0.39, 0.29) is 17.5 Å². The lowest BCUT2D eigenvalue weighted by molar-refractivity contribution is -0.137. The monoisotopic (exact) mass is 522 g/mol. The van der Waals surface area contributed by atoms with E-state index in [2.05, 4.69) is 20.2 Å². The van der Waals surface area contributed by atoms with Gasteiger partial charge in [0, 0.05) is 38.1 Å². The molecule has 2 fully saturated rings. The van der Waals surface area contributed by atoms with Gasteiger partial charge in [0.15, 0.2) is 0 Å². The zero-order valence-corrected chi connectivity index (χ0v) is 21.1. The number of nitrogens with zero attached hydrogens (tertiary/aromatic N) is 4. The van der Waals surface area contributed by atoms with E-state index in [1.165, 1.54) is 6.07 Å². The summed E-state index contributed by atoms with van der Waals surface area (Å²) >= 11 is 0. The molecule has 2 N–H and O–H groups in total. The van der Waals surface area contributed by atoms with E-state index in [4.69, 9.17) is 0 Å². The number of rotatable bonds is 5. The fourth-order valence-corrected chi connectivity index (χ4v) is 5.56. The third-order valence-corrected chi connectivity index (χ3v) is 7.75. The van der Waals surface area contributed by atoms with Gasteiger partial charge in [-0.1, -0.05) is 6.07 Å². The summed E-state index contributed by atoms with van der Waals surface area (Å²) in [5.41, 5.74) is 1.20. The highest BCUT2D eigenvalue weighted by Gasteiger charge is 2.44. The number of amides is 1. The number of carbonyl (C=O) groups excluding carboxylic acids is 1. The molecule has 0 spiro atoms. The first-order valence-corrected chi connectivity index (χ1v) is 12.7. The summed E-state index contributed by atoms with van der Waals surface area (Å²) in [5, 5.41) is 12.8. The number of alkyl halides is 3. The van der Waals surface area contributed by atoms with Crippen molar-refractivity contribution in [1.29, 1.82) is 5.26 Å². The van der Waals surface area contributed by atoms with Gasteiger partial charge in [0.2, 0.25) is 5.91 Å². The molecule has 38 heavy (non-hydrogen) atoms. The van der Waals surface area contributed by atoms with Crippen LogP contribution in [0.25, 0.3) is 11.4 Å². The number of pyridine rings is 1. The van der Waals surface area contributed by atoms with Crippen LogP contribution < -0.4 is 10.2 Å². The Balaban J connectivity index is 1.42. The number of piperidine rings is 1. The number of halogens is 3. The van der Waals surface area contributed by atoms with Gasteiger partial charge in [-0.2, -0.15) is 18.4 Å². The second-order valence-electron chi connectivity index (χ2n) is 10.1. The van der Waals surface area contributed by atoms with Crippen molar-refractivity contribution < 1.29 is 18.0 Å². The van der Waals surface area contributed by atoms with Gasteiger partial charge in [0.1, 0.15) is 6.07 Å². The molecule has 10 heteroatoms. The van der Waals surface area contributed by atoms with E-state index in [1.807, 2.05) is 48.5 Å². The van der Waals surface area contributed by atoms with Gasteiger partial charge >= 0.3 is 6.18 Å². The highest BCUT2D eigenvalue weighted by molar-refractivity contribution is 5.89. The van der Waals surface area contributed by atoms with Gasteiger partial charge in [0.25, 0.3) is 0 Å². The number of nitriles is 1. The molecule has 1 atom stereocenters. The lowest BCUT2D eigenvalue weighted by atomic mass is 9.72. The van der Waals surface area contributed by atoms with Crippen LogP contribution in [0.1, 0.15) is 36.0 Å². The van der Waals surface area contributed by atoms with Crippen molar-refractivity contribution in [2.45, 2.75) is 36.9 Å². The molecule has 4 heterocycles. The molecule has 2 aliphatic rings. The van der Waals surface area contributed by atoms with Gasteiger partial charge < -0.3 is 20.1 Å². The topological polar surface area (TPSA) is 88.1 Å². The predicted octanol–water partition coefficient (Wildman–Crippen LogP) is 4.33. The van der Waals surface area contributed by atoms with E-state index in [9.17, 15) is 23.2 Å². The number of anilines is 1. The van der Waals surface area contributed by atoms with E-state index >= 15 is 0 Å². The fraction of sp³-hybridized carbons (Fsp3) is 0.393. The van der Waals surface area contributed by atoms with Crippen LogP contribution in [0.2, 0.25) is 0 Å². The third kappa shape index (κ3) is 4.98. The summed E-state index contributed by atoms with van der Waals surface area (Å²) in [6.45, 7) is 2.53. The summed E-state index contributed by atoms with van der Waals surface area (Å²) in [6, 6.07) is 12.9. The number of hydrogen-bond acceptors (Lipinski definition) is 5. The van der Waals surface area contributed by atoms with Gasteiger partial charge in [-0.05, 0) is 74.8 Å². The zero-order chi connectivity index (χ0) is 26.9. The Hall–Kier alpha value is -3.84. The van der Waals surface area contributed by atoms with Crippen molar-refractivity contribution >= 4 is 11.6 Å². The number of likely N-dealkylation sites (N-methyl/N-ethyl adjacent to an activating group) is 1. The lowest BCUT2D eigenvalue weighted by Gasteiger charge is -2.42. The van der Waals surface area contributed by atoms with E-state index in [0.717, 1.165) is 48.6 Å². The molecule has 2 aliphatic heterocycles. The molecule has 198 valence electrons. The minimum atomic E-state index is -4.52. The first-order valence-electron chi connectivity index (χ1n) is 12.7. The Morgan fingerprint density at radius 2 is 1.97 bits per heavy atom. The molecule has 2 aromatic heterocycles. The van der Waals surface area contributed by atoms with Crippen molar-refractivity contribution in [3.8, 4) is 17.5 Å². The van der Waals surface area contributed by atoms with E-state index < -0.39 is 17.2 Å². The van der Waals surface area contributed by atoms with Crippen molar-refractivity contribution in [1.82, 2.24) is 20.2 Å². The number of aromatic nitrogens is 2. The Labute approximate surface area is 219 Å². The zero-order valence-electron chi connectivity index (χ0n) is 21.1. The Bertz CT molecular complexity index is 1320. The average molecular weight is 523 g/mol. The standard InChI is InChI=1S/C28H29F3N6O/c1-36-12-8-22(18-36)35-26(38)27(21-4-6-24(34-17-21)23-3-2-11-33-23)9-13-37(14-10-27)25-7-5-20(28(29,30)31)15-19(25)16-32/h2-7,11,15,17,22,33H,8-10,12-14,18H2,1H3,(H,35,38)/t22-/m0/s1. The second-order valence-corrected chi connectivity index (χ2v) is 10.1. The highest BCUT2D eigenvalue weighted by Crippen LogP contribution is 2.40. The predicted molar refractivity (Wildman–Crippen MR) is 137 cm³/mol. The van der Waals surface area contributed by atoms with Crippen LogP contribution in [0.15, 0.2) is 54.9 Å². The highest BCUT2D eigenvalue weighted by atomic mass is 19.4. The molecular formula is C28H29F3N6O. The number of H-pyrrole nitrogens is 1. The maximum Gasteiger partial charge on any atom is 0.416 e. The van der Waals surface area contributed by atoms with Crippen LogP contribution in [-0.2, 0) is 16.4 Å². The quantitative estimate of drug-likeness (QED) is 0.521. The number of benzene rings is 1. The van der Waals surface area contributed by atoms with Crippen molar-refractivity contribution in [3.05, 3.63) is 71.5 Å². The fourth-order valence-electron chi connectivity index (χ4n) is 5.56. The van der Waals surface area contributed by atoms with Gasteiger partial charge in [-0.25, -0.2) is 0 Å². The van der Waals surface area contributed by atoms with E-state index in [1.54, 1.807) is 6.20 Å². The molecule has 3 aromatic rings. The van der Waals surface area contributed by atoms with E-state index in [0.29, 0.717) is 31.6 Å². The normalized spacial score (nSPS) is 19.8. The van der Waals surface area contributed by atoms with Gasteiger partial charge in [0.05, 0.1) is 33.6 Å². The van der Waals surface area contributed by atoms with Crippen LogP contribution in [0.5, 0.6) is 0 Å². The molecule has 7 nitrogen and oxygen atoms in total. The molecule has 0 aliphatic carbocycles. The SMILES string of the molecule is CN1CC[C@H](NC(=O)C2(c3ccc(-c4ccc[nH]4)nc3)CCN(c3ccc(C(F)(F)F)cc3C#N)CC2)C1. The molecule has 0 unspecified atom stereocenters. The van der Waals surface area contributed by atoms with Crippen molar-refractivity contribution in [2.75, 3.05) is 38.1 Å². The number of aromatic amines is 1. The summed E-state index contributed by atoms with van der Waals surface area (Å²) < 4.78 is 39.6. The van der Waals surface area contributed by atoms with Crippen LogP contribution in [0.3, 0.4) is 0 Å². The Kier molecular flexibility index (Phi) is 6.88. The third-order valence-electron chi connectivity index (χ3n) is 7.75. The number of nitrogens with one attached hydrogen (secondary N) is 2. The first kappa shape index (κ1) is 25.8. The summed E-state index contributed by atoms with van der Waals surface area (Å²) in [6.07, 6.45) is 0.821. The number of carbonyl (C=O) groups is 1. The maximum absolute atomic E-state index is 13.9. The average Bonchev–Trinajstić information content (AvgIpc) is 3.60. The molecule has 0 saturated carbocycles. The second kappa shape index (κ2) is 10.1. The van der Waals surface area contributed by atoms with Crippen molar-refractivity contribution in [3.63, 3.8) is 0 Å².